The molecule has 35 heavy (non-hydrogen) atoms. The summed E-state index contributed by atoms with van der Waals surface area (Å²) in [6, 6.07) is 20.2. The Morgan fingerprint density at radius 1 is 1.09 bits per heavy atom. The monoisotopic (exact) mass is 530 g/mol. The van der Waals surface area contributed by atoms with Crippen molar-refractivity contribution in [3.8, 4) is 0 Å². The molecule has 5 rings (SSSR count). The van der Waals surface area contributed by atoms with E-state index in [1.54, 1.807) is 24.4 Å². The van der Waals surface area contributed by atoms with E-state index in [4.69, 9.17) is 4.98 Å². The maximum absolute atomic E-state index is 14.3. The lowest BCUT2D eigenvalue weighted by molar-refractivity contribution is 0.602. The van der Waals surface area contributed by atoms with Gasteiger partial charge >= 0.3 is 0 Å². The summed E-state index contributed by atoms with van der Waals surface area (Å²) in [5, 5.41) is 6.11. The molecule has 0 N–H and O–H groups in total. The van der Waals surface area contributed by atoms with Crippen molar-refractivity contribution in [2.75, 3.05) is 0 Å². The Morgan fingerprint density at radius 3 is 2.66 bits per heavy atom. The van der Waals surface area contributed by atoms with Gasteiger partial charge < -0.3 is 4.57 Å². The molecule has 3 aromatic carbocycles. The molecule has 7 heteroatoms. The number of halogens is 2. The second-order valence-corrected chi connectivity index (χ2v) is 9.54. The summed E-state index contributed by atoms with van der Waals surface area (Å²) in [6.45, 7) is 4.50. The van der Waals surface area contributed by atoms with E-state index in [1.165, 1.54) is 10.7 Å². The van der Waals surface area contributed by atoms with Crippen LogP contribution in [0.4, 0.5) is 4.39 Å². The van der Waals surface area contributed by atoms with Crippen LogP contribution in [0.1, 0.15) is 43.1 Å². The van der Waals surface area contributed by atoms with E-state index in [2.05, 4.69) is 28.0 Å². The lowest BCUT2D eigenvalue weighted by Crippen LogP contribution is -2.23. The van der Waals surface area contributed by atoms with Crippen molar-refractivity contribution < 1.29 is 4.39 Å². The summed E-state index contributed by atoms with van der Waals surface area (Å²) in [4.78, 5) is 18.2. The highest BCUT2D eigenvalue weighted by molar-refractivity contribution is 9.10. The third kappa shape index (κ3) is 4.44. The minimum Gasteiger partial charge on any atom is -0.342 e. The van der Waals surface area contributed by atoms with Crippen LogP contribution >= 0.6 is 15.9 Å². The molecule has 5 aromatic rings. The molecule has 0 spiro atoms. The Balaban J connectivity index is 1.63. The lowest BCUT2D eigenvalue weighted by atomic mass is 10.1. The van der Waals surface area contributed by atoms with Crippen LogP contribution < -0.4 is 5.56 Å². The highest BCUT2D eigenvalue weighted by Crippen LogP contribution is 2.23. The molecule has 0 bridgehead atoms. The smallest absolute Gasteiger partial charge is 0.282 e. The molecule has 0 amide bonds. The topological polar surface area (TPSA) is 52.2 Å². The van der Waals surface area contributed by atoms with Crippen molar-refractivity contribution in [1.82, 2.24) is 14.2 Å². The maximum Gasteiger partial charge on any atom is 0.282 e. The van der Waals surface area contributed by atoms with Gasteiger partial charge in [-0.3, -0.25) is 4.79 Å². The van der Waals surface area contributed by atoms with Crippen molar-refractivity contribution in [3.63, 3.8) is 0 Å². The van der Waals surface area contributed by atoms with Crippen LogP contribution in [-0.2, 0) is 6.54 Å². The van der Waals surface area contributed by atoms with Gasteiger partial charge in [-0.1, -0.05) is 66.2 Å². The number of para-hydroxylation sites is 1. The van der Waals surface area contributed by atoms with Gasteiger partial charge in [-0.25, -0.2) is 9.37 Å². The minimum atomic E-state index is -0.237. The minimum absolute atomic E-state index is 0.0512. The van der Waals surface area contributed by atoms with Crippen molar-refractivity contribution in [2.45, 2.75) is 32.7 Å². The Labute approximate surface area is 210 Å². The first kappa shape index (κ1) is 23.2. The fourth-order valence-corrected chi connectivity index (χ4v) is 4.58. The van der Waals surface area contributed by atoms with E-state index in [9.17, 15) is 9.18 Å². The molecule has 2 aromatic heterocycles. The Bertz CT molecular complexity index is 1640. The highest BCUT2D eigenvalue weighted by Gasteiger charge is 2.16. The molecule has 0 aliphatic heterocycles. The van der Waals surface area contributed by atoms with Crippen molar-refractivity contribution >= 4 is 44.0 Å². The largest absolute Gasteiger partial charge is 0.342 e. The molecule has 0 radical (unpaired) electrons. The third-order valence-corrected chi connectivity index (χ3v) is 6.81. The van der Waals surface area contributed by atoms with E-state index in [-0.39, 0.29) is 17.3 Å². The molecule has 0 fully saturated rings. The molecule has 5 nitrogen and oxygen atoms in total. The van der Waals surface area contributed by atoms with E-state index in [1.807, 2.05) is 60.2 Å². The van der Waals surface area contributed by atoms with Crippen molar-refractivity contribution in [3.05, 3.63) is 111 Å². The molecule has 1 atom stereocenters. The van der Waals surface area contributed by atoms with Gasteiger partial charge in [-0.05, 0) is 36.8 Å². The molecule has 0 saturated carbocycles. The van der Waals surface area contributed by atoms with Crippen LogP contribution in [0.5, 0.6) is 0 Å². The van der Waals surface area contributed by atoms with Crippen LogP contribution in [-0.4, -0.2) is 20.4 Å². The molecule has 0 aliphatic rings. The molecule has 0 unspecified atom stereocenters. The average Bonchev–Trinajstić information content (AvgIpc) is 3.22. The van der Waals surface area contributed by atoms with Crippen LogP contribution in [0.25, 0.3) is 21.8 Å². The Kier molecular flexibility index (Phi) is 6.34. The lowest BCUT2D eigenvalue weighted by Gasteiger charge is -2.13. The maximum atomic E-state index is 14.3. The summed E-state index contributed by atoms with van der Waals surface area (Å²) in [6.07, 6.45) is 4.46. The van der Waals surface area contributed by atoms with Crippen LogP contribution in [0.2, 0.25) is 0 Å². The third-order valence-electron chi connectivity index (χ3n) is 6.32. The van der Waals surface area contributed by atoms with E-state index in [0.29, 0.717) is 28.8 Å². The van der Waals surface area contributed by atoms with E-state index < -0.39 is 0 Å². The number of rotatable bonds is 6. The van der Waals surface area contributed by atoms with E-state index >= 15 is 0 Å². The zero-order chi connectivity index (χ0) is 24.5. The number of benzene rings is 3. The number of fused-ring (bicyclic) bond motifs is 2. The van der Waals surface area contributed by atoms with Crippen LogP contribution in [0, 0.1) is 5.82 Å². The van der Waals surface area contributed by atoms with Crippen molar-refractivity contribution in [1.29, 1.82) is 0 Å². The first-order valence-corrected chi connectivity index (χ1v) is 12.3. The van der Waals surface area contributed by atoms with Gasteiger partial charge in [0, 0.05) is 38.6 Å². The van der Waals surface area contributed by atoms with Gasteiger partial charge in [0.2, 0.25) is 0 Å². The van der Waals surface area contributed by atoms with Gasteiger partial charge in [-0.15, -0.1) is 0 Å². The second kappa shape index (κ2) is 9.58. The quantitative estimate of drug-likeness (QED) is 0.229. The first-order chi connectivity index (χ1) is 17.0. The highest BCUT2D eigenvalue weighted by atomic mass is 79.9. The van der Waals surface area contributed by atoms with Gasteiger partial charge in [0.05, 0.1) is 23.7 Å². The second-order valence-electron chi connectivity index (χ2n) is 8.62. The summed E-state index contributed by atoms with van der Waals surface area (Å²) >= 11 is 3.45. The zero-order valence-electron chi connectivity index (χ0n) is 19.5. The standard InChI is InChI=1S/C28H24BrFN4O/c1-3-18(2)27-32-25-13-12-21(29)14-23(25)28(35)34(27)31-15-20-17-33(26-11-7-5-9-22(20)26)16-19-8-4-6-10-24(19)30/h4-15,17-18H,3,16H2,1-2H3/t18-/m1/s1. The predicted molar refractivity (Wildman–Crippen MR) is 143 cm³/mol. The SMILES string of the molecule is CC[C@@H](C)c1nc2ccc(Br)cc2c(=O)n1N=Cc1cn(Cc2ccccc2F)c2ccccc12. The summed E-state index contributed by atoms with van der Waals surface area (Å²) in [5.41, 5.74) is 2.86. The van der Waals surface area contributed by atoms with Gasteiger partial charge in [0.25, 0.3) is 5.56 Å². The van der Waals surface area contributed by atoms with Crippen LogP contribution in [0.3, 0.4) is 0 Å². The summed E-state index contributed by atoms with van der Waals surface area (Å²) < 4.78 is 18.5. The summed E-state index contributed by atoms with van der Waals surface area (Å²) in [7, 11) is 0. The van der Waals surface area contributed by atoms with Gasteiger partial charge in [0.1, 0.15) is 11.6 Å². The number of hydrogen-bond acceptors (Lipinski definition) is 3. The average molecular weight is 531 g/mol. The molecular formula is C28H24BrFN4O. The van der Waals surface area contributed by atoms with Crippen LogP contribution in [0.15, 0.2) is 87.3 Å². The van der Waals surface area contributed by atoms with Gasteiger partial charge in [0.15, 0.2) is 0 Å². The first-order valence-electron chi connectivity index (χ1n) is 11.5. The molecular weight excluding hydrogens is 507 g/mol. The van der Waals surface area contributed by atoms with Crippen molar-refractivity contribution in [2.24, 2.45) is 5.10 Å². The Hall–Kier alpha value is -3.58. The zero-order valence-corrected chi connectivity index (χ0v) is 21.0. The van der Waals surface area contributed by atoms with E-state index in [0.717, 1.165) is 27.4 Å². The normalized spacial score (nSPS) is 12.7. The van der Waals surface area contributed by atoms with Gasteiger partial charge in [-0.2, -0.15) is 9.78 Å². The fourth-order valence-electron chi connectivity index (χ4n) is 4.22. The Morgan fingerprint density at radius 2 is 1.86 bits per heavy atom. The number of hydrogen-bond donors (Lipinski definition) is 0. The molecule has 0 aliphatic carbocycles. The predicted octanol–water partition coefficient (Wildman–Crippen LogP) is 6.70. The molecule has 0 saturated heterocycles. The molecule has 2 heterocycles. The number of nitrogens with zero attached hydrogens (tertiary/aromatic N) is 4. The number of aromatic nitrogens is 3. The fraction of sp³-hybridized carbons (Fsp3) is 0.179. The summed E-state index contributed by atoms with van der Waals surface area (Å²) in [5.74, 6) is 0.438. The molecule has 176 valence electrons.